The molecule has 4 nitrogen and oxygen atoms in total. The molecular weight excluding hydrogens is 242 g/mol. The van der Waals surface area contributed by atoms with Gasteiger partial charge >= 0.3 is 0 Å². The molecule has 0 fully saturated rings. The fourth-order valence-electron chi connectivity index (χ4n) is 1.42. The van der Waals surface area contributed by atoms with Crippen molar-refractivity contribution in [2.75, 3.05) is 5.32 Å². The Balaban J connectivity index is 2.44. The van der Waals surface area contributed by atoms with Crippen LogP contribution in [0.3, 0.4) is 0 Å². The molecule has 5 heteroatoms. The Bertz CT molecular complexity index is 403. The van der Waals surface area contributed by atoms with Gasteiger partial charge in [0.1, 0.15) is 0 Å². The van der Waals surface area contributed by atoms with Crippen LogP contribution in [-0.4, -0.2) is 11.9 Å². The van der Waals surface area contributed by atoms with E-state index < -0.39 is 5.97 Å². The van der Waals surface area contributed by atoms with Crippen LogP contribution in [0.5, 0.6) is 0 Å². The fourth-order valence-corrected chi connectivity index (χ4v) is 1.54. The molecule has 1 atom stereocenters. The molecule has 0 aliphatic carbocycles. The zero-order valence-electron chi connectivity index (χ0n) is 9.40. The lowest BCUT2D eigenvalue weighted by atomic mass is 10.0. The first-order chi connectivity index (χ1) is 7.97. The topological polar surface area (TPSA) is 69.2 Å². The van der Waals surface area contributed by atoms with E-state index in [0.717, 1.165) is 0 Å². The predicted molar refractivity (Wildman–Crippen MR) is 63.5 cm³/mol. The maximum atomic E-state index is 11.5. The largest absolute Gasteiger partial charge is 0.550 e. The Labute approximate surface area is 105 Å². The predicted octanol–water partition coefficient (Wildman–Crippen LogP) is 1.44. The van der Waals surface area contributed by atoms with Crippen molar-refractivity contribution in [2.45, 2.75) is 19.8 Å². The molecule has 0 aliphatic rings. The van der Waals surface area contributed by atoms with Crippen molar-refractivity contribution in [1.82, 2.24) is 0 Å². The number of rotatable bonds is 5. The number of amides is 1. The quantitative estimate of drug-likeness (QED) is 0.865. The van der Waals surface area contributed by atoms with Crippen molar-refractivity contribution in [1.29, 1.82) is 0 Å². The number of carboxylic acids is 1. The Kier molecular flexibility index (Phi) is 4.97. The van der Waals surface area contributed by atoms with Gasteiger partial charge < -0.3 is 15.2 Å². The summed E-state index contributed by atoms with van der Waals surface area (Å²) in [4.78, 5) is 21.9. The van der Waals surface area contributed by atoms with E-state index in [9.17, 15) is 14.7 Å². The van der Waals surface area contributed by atoms with Crippen LogP contribution >= 0.6 is 11.6 Å². The molecule has 17 heavy (non-hydrogen) atoms. The van der Waals surface area contributed by atoms with Gasteiger partial charge in [0.05, 0.1) is 0 Å². The molecule has 0 heterocycles. The third-order valence-electron chi connectivity index (χ3n) is 2.18. The molecule has 1 amide bonds. The first-order valence-corrected chi connectivity index (χ1v) is 5.60. The lowest BCUT2D eigenvalue weighted by molar-refractivity contribution is -0.306. The molecule has 0 radical (unpaired) electrons. The summed E-state index contributed by atoms with van der Waals surface area (Å²) in [6.45, 7) is 1.69. The van der Waals surface area contributed by atoms with Gasteiger partial charge in [-0.1, -0.05) is 18.5 Å². The van der Waals surface area contributed by atoms with Gasteiger partial charge in [0.2, 0.25) is 5.91 Å². The van der Waals surface area contributed by atoms with E-state index in [1.807, 2.05) is 0 Å². The van der Waals surface area contributed by atoms with Crippen LogP contribution in [0.1, 0.15) is 19.8 Å². The number of hydrogen-bond donors (Lipinski definition) is 1. The monoisotopic (exact) mass is 254 g/mol. The standard InChI is InChI=1S/C12H14ClNO3/c1-8(7-12(16)17)6-11(15)14-10-4-2-9(13)3-5-10/h2-5,8H,6-7H2,1H3,(H,14,15)(H,16,17)/p-1/t8-/m0/s1. The highest BCUT2D eigenvalue weighted by atomic mass is 35.5. The molecule has 0 saturated carbocycles. The zero-order valence-corrected chi connectivity index (χ0v) is 10.2. The van der Waals surface area contributed by atoms with Gasteiger partial charge in [0, 0.05) is 23.1 Å². The fraction of sp³-hybridized carbons (Fsp3) is 0.333. The number of nitrogens with one attached hydrogen (secondary N) is 1. The smallest absolute Gasteiger partial charge is 0.224 e. The number of aliphatic carboxylic acids is 1. The molecular formula is C12H13ClNO3-. The first-order valence-electron chi connectivity index (χ1n) is 5.22. The van der Waals surface area contributed by atoms with E-state index in [1.54, 1.807) is 31.2 Å². The van der Waals surface area contributed by atoms with Crippen LogP contribution in [0, 0.1) is 5.92 Å². The average molecular weight is 255 g/mol. The second kappa shape index (κ2) is 6.25. The van der Waals surface area contributed by atoms with Crippen molar-refractivity contribution in [2.24, 2.45) is 5.92 Å². The molecule has 1 aromatic carbocycles. The van der Waals surface area contributed by atoms with E-state index in [1.165, 1.54) is 0 Å². The Hall–Kier alpha value is -1.55. The molecule has 0 aliphatic heterocycles. The summed E-state index contributed by atoms with van der Waals surface area (Å²) in [6, 6.07) is 6.71. The molecule has 1 rings (SSSR count). The summed E-state index contributed by atoms with van der Waals surface area (Å²) < 4.78 is 0. The molecule has 0 saturated heterocycles. The van der Waals surface area contributed by atoms with Crippen LogP contribution in [0.4, 0.5) is 5.69 Å². The highest BCUT2D eigenvalue weighted by Gasteiger charge is 2.09. The van der Waals surface area contributed by atoms with Gasteiger partial charge in [0.15, 0.2) is 0 Å². The highest BCUT2D eigenvalue weighted by Crippen LogP contribution is 2.14. The summed E-state index contributed by atoms with van der Waals surface area (Å²) >= 11 is 5.70. The number of anilines is 1. The molecule has 0 unspecified atom stereocenters. The third kappa shape index (κ3) is 5.36. The molecule has 1 N–H and O–H groups in total. The molecule has 0 spiro atoms. The van der Waals surface area contributed by atoms with E-state index >= 15 is 0 Å². The number of hydrogen-bond acceptors (Lipinski definition) is 3. The Morgan fingerprint density at radius 3 is 2.41 bits per heavy atom. The number of carbonyl (C=O) groups excluding carboxylic acids is 2. The molecule has 92 valence electrons. The summed E-state index contributed by atoms with van der Waals surface area (Å²) in [5.41, 5.74) is 0.639. The minimum Gasteiger partial charge on any atom is -0.550 e. The van der Waals surface area contributed by atoms with Crippen molar-refractivity contribution < 1.29 is 14.7 Å². The van der Waals surface area contributed by atoms with Crippen LogP contribution in [0.25, 0.3) is 0 Å². The highest BCUT2D eigenvalue weighted by molar-refractivity contribution is 6.30. The van der Waals surface area contributed by atoms with Crippen LogP contribution in [0.2, 0.25) is 5.02 Å². The maximum Gasteiger partial charge on any atom is 0.224 e. The second-order valence-corrected chi connectivity index (χ2v) is 4.38. The maximum absolute atomic E-state index is 11.5. The normalized spacial score (nSPS) is 11.9. The minimum absolute atomic E-state index is 0.117. The Morgan fingerprint density at radius 2 is 1.88 bits per heavy atom. The number of benzene rings is 1. The average Bonchev–Trinajstić information content (AvgIpc) is 2.19. The van der Waals surface area contributed by atoms with Crippen molar-refractivity contribution in [3.63, 3.8) is 0 Å². The van der Waals surface area contributed by atoms with Gasteiger partial charge in [0.25, 0.3) is 0 Å². The van der Waals surface area contributed by atoms with Gasteiger partial charge in [-0.05, 0) is 36.6 Å². The van der Waals surface area contributed by atoms with Crippen molar-refractivity contribution in [3.05, 3.63) is 29.3 Å². The summed E-state index contributed by atoms with van der Waals surface area (Å²) in [7, 11) is 0. The number of carbonyl (C=O) groups is 2. The van der Waals surface area contributed by atoms with Crippen molar-refractivity contribution in [3.8, 4) is 0 Å². The SMILES string of the molecule is C[C@H](CC(=O)[O-])CC(=O)Nc1ccc(Cl)cc1. The van der Waals surface area contributed by atoms with E-state index in [2.05, 4.69) is 5.32 Å². The summed E-state index contributed by atoms with van der Waals surface area (Å²) in [6.07, 6.45) is 0.0324. The van der Waals surface area contributed by atoms with Gasteiger partial charge in [-0.3, -0.25) is 4.79 Å². The van der Waals surface area contributed by atoms with Crippen LogP contribution in [-0.2, 0) is 9.59 Å². The third-order valence-corrected chi connectivity index (χ3v) is 2.43. The van der Waals surface area contributed by atoms with Gasteiger partial charge in [-0.2, -0.15) is 0 Å². The van der Waals surface area contributed by atoms with Crippen molar-refractivity contribution >= 4 is 29.2 Å². The number of halogens is 1. The zero-order chi connectivity index (χ0) is 12.8. The number of carboxylic acid groups (broad SMARTS) is 1. The lowest BCUT2D eigenvalue weighted by Gasteiger charge is -2.11. The van der Waals surface area contributed by atoms with Gasteiger partial charge in [-0.15, -0.1) is 0 Å². The van der Waals surface area contributed by atoms with Gasteiger partial charge in [-0.25, -0.2) is 0 Å². The summed E-state index contributed by atoms with van der Waals surface area (Å²) in [5, 5.41) is 13.6. The minimum atomic E-state index is -1.14. The summed E-state index contributed by atoms with van der Waals surface area (Å²) in [5.74, 6) is -1.61. The van der Waals surface area contributed by atoms with Crippen LogP contribution in [0.15, 0.2) is 24.3 Å². The molecule has 0 bridgehead atoms. The first kappa shape index (κ1) is 13.5. The lowest BCUT2D eigenvalue weighted by Crippen LogP contribution is -2.26. The Morgan fingerprint density at radius 1 is 1.29 bits per heavy atom. The van der Waals surface area contributed by atoms with E-state index in [0.29, 0.717) is 10.7 Å². The van der Waals surface area contributed by atoms with E-state index in [-0.39, 0.29) is 24.7 Å². The second-order valence-electron chi connectivity index (χ2n) is 3.94. The molecule has 1 aromatic rings. The van der Waals surface area contributed by atoms with E-state index in [4.69, 9.17) is 11.6 Å². The molecule has 0 aromatic heterocycles. The van der Waals surface area contributed by atoms with Crippen LogP contribution < -0.4 is 10.4 Å².